The molecule has 7 N–H and O–H groups in total. The van der Waals surface area contributed by atoms with Crippen molar-refractivity contribution in [2.24, 2.45) is 11.5 Å². The molecule has 0 fully saturated rings. The number of anilines is 2. The zero-order valence-electron chi connectivity index (χ0n) is 23.9. The molecule has 3 heterocycles. The van der Waals surface area contributed by atoms with Gasteiger partial charge >= 0.3 is 5.97 Å². The molecule has 0 aliphatic carbocycles. The summed E-state index contributed by atoms with van der Waals surface area (Å²) in [6.45, 7) is 4.46. The van der Waals surface area contributed by atoms with Gasteiger partial charge in [0.2, 0.25) is 0 Å². The molecule has 4 aromatic rings. The summed E-state index contributed by atoms with van der Waals surface area (Å²) in [5.41, 5.74) is 16.7. The number of amides is 2. The lowest BCUT2D eigenvalue weighted by molar-refractivity contribution is 0.0691. The summed E-state index contributed by atoms with van der Waals surface area (Å²) in [6, 6.07) is 16.0. The monoisotopic (exact) mass is 598 g/mol. The predicted octanol–water partition coefficient (Wildman–Crippen LogP) is 4.35. The minimum absolute atomic E-state index is 0.0108. The zero-order chi connectivity index (χ0) is 30.5. The second-order valence-electron chi connectivity index (χ2n) is 10.2. The van der Waals surface area contributed by atoms with Crippen LogP contribution in [0.15, 0.2) is 60.0 Å². The number of rotatable bonds is 10. The Morgan fingerprint density at radius 3 is 2.49 bits per heavy atom. The topological polar surface area (TPSA) is 164 Å². The lowest BCUT2D eigenvalue weighted by Crippen LogP contribution is -2.31. The van der Waals surface area contributed by atoms with Crippen molar-refractivity contribution in [1.29, 1.82) is 0 Å². The van der Waals surface area contributed by atoms with Gasteiger partial charge in [0.25, 0.3) is 11.8 Å². The van der Waals surface area contributed by atoms with Crippen molar-refractivity contribution in [3.63, 3.8) is 0 Å². The number of carbonyl (C=O) groups is 3. The van der Waals surface area contributed by atoms with E-state index in [9.17, 15) is 19.5 Å². The second kappa shape index (κ2) is 13.2. The molecule has 2 aromatic heterocycles. The molecule has 2 aromatic carbocycles. The van der Waals surface area contributed by atoms with Crippen LogP contribution in [0.25, 0.3) is 21.6 Å². The van der Waals surface area contributed by atoms with Gasteiger partial charge in [-0.3, -0.25) is 9.59 Å². The van der Waals surface area contributed by atoms with Crippen molar-refractivity contribution in [2.75, 3.05) is 36.4 Å². The normalized spacial score (nSPS) is 12.2. The van der Waals surface area contributed by atoms with Crippen molar-refractivity contribution in [3.05, 3.63) is 88.1 Å². The molecule has 0 saturated heterocycles. The molecular formula is C32H34N6O4S. The van der Waals surface area contributed by atoms with Gasteiger partial charge in [-0.05, 0) is 77.4 Å². The molecule has 1 aliphatic heterocycles. The highest BCUT2D eigenvalue weighted by atomic mass is 32.1. The van der Waals surface area contributed by atoms with Crippen molar-refractivity contribution in [3.8, 4) is 21.6 Å². The summed E-state index contributed by atoms with van der Waals surface area (Å²) in [4.78, 5) is 46.6. The van der Waals surface area contributed by atoms with Gasteiger partial charge in [-0.15, -0.1) is 11.3 Å². The van der Waals surface area contributed by atoms with E-state index in [4.69, 9.17) is 11.5 Å². The second-order valence-corrected chi connectivity index (χ2v) is 11.1. The van der Waals surface area contributed by atoms with E-state index in [-0.39, 0.29) is 22.5 Å². The van der Waals surface area contributed by atoms with E-state index in [1.165, 1.54) is 11.6 Å². The highest BCUT2D eigenvalue weighted by molar-refractivity contribution is 7.13. The van der Waals surface area contributed by atoms with Crippen molar-refractivity contribution in [2.45, 2.75) is 26.3 Å². The Morgan fingerprint density at radius 1 is 1.00 bits per heavy atom. The van der Waals surface area contributed by atoms with Gasteiger partial charge in [0, 0.05) is 65.7 Å². The number of hydrogen-bond donors (Lipinski definition) is 5. The van der Waals surface area contributed by atoms with E-state index in [0.717, 1.165) is 34.5 Å². The average molecular weight is 599 g/mol. The van der Waals surface area contributed by atoms with Crippen LogP contribution in [0.5, 0.6) is 0 Å². The number of nitrogens with zero attached hydrogens (tertiary/aromatic N) is 2. The highest BCUT2D eigenvalue weighted by Crippen LogP contribution is 2.44. The van der Waals surface area contributed by atoms with Crippen molar-refractivity contribution in [1.82, 2.24) is 10.3 Å². The lowest BCUT2D eigenvalue weighted by atomic mass is 9.92. The smallest absolute Gasteiger partial charge is 0.355 e. The molecule has 0 unspecified atom stereocenters. The number of carbonyl (C=O) groups excluding carboxylic acids is 2. The molecule has 1 aliphatic rings. The largest absolute Gasteiger partial charge is 0.476 e. The molecular weight excluding hydrogens is 564 g/mol. The molecule has 0 saturated carbocycles. The number of nitrogens with two attached hydrogens (primary N) is 2. The number of carboxylic acid groups (broad SMARTS) is 1. The standard InChI is InChI=1S/C32H34N6O4S/c1-2-12-35-31(40)26-8-7-22(28(37-26)32(41)42)23-17-27-25(29-20(10-15-43-29)9-13-38(27)14-11-33)16-24(23)30(39)36-21-5-3-19(18-34)4-6-21/h3-8,10,15-17H,2,9,11-14,18,33-34H2,1H3,(H,35,40)(H,36,39)(H,41,42). The Labute approximate surface area is 253 Å². The molecule has 0 spiro atoms. The Balaban J connectivity index is 1.70. The maximum atomic E-state index is 14.0. The van der Waals surface area contributed by atoms with Gasteiger partial charge in [-0.2, -0.15) is 0 Å². The van der Waals surface area contributed by atoms with Crippen LogP contribution in [-0.2, 0) is 13.0 Å². The van der Waals surface area contributed by atoms with Crippen LogP contribution < -0.4 is 27.0 Å². The molecule has 0 bridgehead atoms. The number of pyridine rings is 1. The fraction of sp³-hybridized carbons (Fsp3) is 0.250. The average Bonchev–Trinajstić information content (AvgIpc) is 3.44. The fourth-order valence-corrected chi connectivity index (χ4v) is 6.17. The summed E-state index contributed by atoms with van der Waals surface area (Å²) in [5, 5.41) is 17.9. The fourth-order valence-electron chi connectivity index (χ4n) is 5.19. The third kappa shape index (κ3) is 6.29. The van der Waals surface area contributed by atoms with Gasteiger partial charge in [-0.1, -0.05) is 19.1 Å². The summed E-state index contributed by atoms with van der Waals surface area (Å²) in [7, 11) is 0. The number of aromatic carboxylic acids is 1. The van der Waals surface area contributed by atoms with E-state index >= 15 is 0 Å². The van der Waals surface area contributed by atoms with Crippen LogP contribution in [0.4, 0.5) is 11.4 Å². The number of benzene rings is 2. The van der Waals surface area contributed by atoms with Crippen LogP contribution in [-0.4, -0.2) is 54.1 Å². The number of aromatic nitrogens is 1. The molecule has 0 atom stereocenters. The first-order valence-corrected chi connectivity index (χ1v) is 15.1. The summed E-state index contributed by atoms with van der Waals surface area (Å²) < 4.78 is 0. The number of carboxylic acids is 1. The lowest BCUT2D eigenvalue weighted by Gasteiger charge is -2.26. The van der Waals surface area contributed by atoms with E-state index in [1.54, 1.807) is 29.5 Å². The Kier molecular flexibility index (Phi) is 9.15. The van der Waals surface area contributed by atoms with Gasteiger partial charge in [0.15, 0.2) is 5.69 Å². The minimum atomic E-state index is -1.31. The van der Waals surface area contributed by atoms with E-state index < -0.39 is 17.8 Å². The Morgan fingerprint density at radius 2 is 1.79 bits per heavy atom. The van der Waals surface area contributed by atoms with E-state index in [0.29, 0.717) is 44.0 Å². The van der Waals surface area contributed by atoms with E-state index in [2.05, 4.69) is 26.6 Å². The Bertz CT molecular complexity index is 1670. The van der Waals surface area contributed by atoms with Crippen molar-refractivity contribution >= 4 is 40.5 Å². The quantitative estimate of drug-likeness (QED) is 0.180. The SMILES string of the molecule is CCCNC(=O)c1ccc(-c2cc3c(cc2C(=O)Nc2ccc(CN)cc2)-c2sccc2CCN3CCN)c(C(=O)O)n1. The molecule has 2 amide bonds. The molecule has 11 heteroatoms. The maximum absolute atomic E-state index is 14.0. The van der Waals surface area contributed by atoms with Crippen molar-refractivity contribution < 1.29 is 19.5 Å². The minimum Gasteiger partial charge on any atom is -0.476 e. The molecule has 222 valence electrons. The number of thiophene rings is 1. The van der Waals surface area contributed by atoms with Crippen LogP contribution in [0, 0.1) is 0 Å². The van der Waals surface area contributed by atoms with E-state index in [1.807, 2.05) is 36.6 Å². The summed E-state index contributed by atoms with van der Waals surface area (Å²) in [6.07, 6.45) is 1.53. The number of hydrogen-bond acceptors (Lipinski definition) is 8. The molecule has 5 rings (SSSR count). The zero-order valence-corrected chi connectivity index (χ0v) is 24.7. The third-order valence-electron chi connectivity index (χ3n) is 7.37. The van der Waals surface area contributed by atoms with Gasteiger partial charge < -0.3 is 32.1 Å². The van der Waals surface area contributed by atoms with Gasteiger partial charge in [-0.25, -0.2) is 9.78 Å². The Hall–Kier alpha value is -4.58. The first kappa shape index (κ1) is 29.9. The molecule has 0 radical (unpaired) electrons. The molecule has 43 heavy (non-hydrogen) atoms. The van der Waals surface area contributed by atoms with Crippen LogP contribution in [0.2, 0.25) is 0 Å². The highest BCUT2D eigenvalue weighted by Gasteiger charge is 2.28. The van der Waals surface area contributed by atoms with Gasteiger partial charge in [0.05, 0.1) is 0 Å². The number of nitrogens with one attached hydrogen (secondary N) is 2. The molecule has 10 nitrogen and oxygen atoms in total. The van der Waals surface area contributed by atoms with Crippen LogP contribution in [0.1, 0.15) is 55.8 Å². The summed E-state index contributed by atoms with van der Waals surface area (Å²) >= 11 is 1.60. The maximum Gasteiger partial charge on any atom is 0.355 e. The van der Waals surface area contributed by atoms with Crippen LogP contribution in [0.3, 0.4) is 0 Å². The van der Waals surface area contributed by atoms with Crippen LogP contribution >= 0.6 is 11.3 Å². The first-order valence-electron chi connectivity index (χ1n) is 14.2. The van der Waals surface area contributed by atoms with Gasteiger partial charge in [0.1, 0.15) is 5.69 Å². The predicted molar refractivity (Wildman–Crippen MR) is 170 cm³/mol. The first-order chi connectivity index (χ1) is 20.8. The third-order valence-corrected chi connectivity index (χ3v) is 8.36. The summed E-state index contributed by atoms with van der Waals surface area (Å²) in [5.74, 6) is -2.18. The number of fused-ring (bicyclic) bond motifs is 3.